The highest BCUT2D eigenvalue weighted by Crippen LogP contribution is 2.31. The Balaban J connectivity index is 1.75. The zero-order chi connectivity index (χ0) is 25.7. The van der Waals surface area contributed by atoms with Crippen molar-refractivity contribution in [2.24, 2.45) is 0 Å². The van der Waals surface area contributed by atoms with Crippen molar-refractivity contribution in [3.63, 3.8) is 0 Å². The Morgan fingerprint density at radius 2 is 1.86 bits per heavy atom. The van der Waals surface area contributed by atoms with Crippen molar-refractivity contribution in [1.82, 2.24) is 14.5 Å². The molecule has 2 aromatic heterocycles. The average Bonchev–Trinajstić information content (AvgIpc) is 2.88. The summed E-state index contributed by atoms with van der Waals surface area (Å²) in [6.07, 6.45) is 6.79. The number of unbranched alkanes of at least 4 members (excludes halogenated alkanes) is 1. The number of aryl methyl sites for hydroxylation is 2. The van der Waals surface area contributed by atoms with Gasteiger partial charge >= 0.3 is 0 Å². The highest BCUT2D eigenvalue weighted by atomic mass is 19.1. The van der Waals surface area contributed by atoms with Gasteiger partial charge in [0, 0.05) is 25.2 Å². The van der Waals surface area contributed by atoms with Gasteiger partial charge in [-0.2, -0.15) is 4.98 Å². The van der Waals surface area contributed by atoms with Crippen LogP contribution in [-0.2, 0) is 12.8 Å². The second-order valence-electron chi connectivity index (χ2n) is 9.15. The van der Waals surface area contributed by atoms with Gasteiger partial charge in [0.1, 0.15) is 11.6 Å². The van der Waals surface area contributed by atoms with Gasteiger partial charge < -0.3 is 5.11 Å². The van der Waals surface area contributed by atoms with E-state index in [1.807, 2.05) is 56.4 Å². The molecule has 4 rings (SSSR count). The van der Waals surface area contributed by atoms with Crippen LogP contribution in [0, 0.1) is 12.7 Å². The lowest BCUT2D eigenvalue weighted by Gasteiger charge is -2.25. The van der Waals surface area contributed by atoms with E-state index >= 15 is 0 Å². The lowest BCUT2D eigenvalue weighted by molar-refractivity contribution is 0.368. The molecule has 1 atom stereocenters. The van der Waals surface area contributed by atoms with E-state index in [2.05, 4.69) is 16.9 Å². The normalized spacial score (nSPS) is 12.0. The van der Waals surface area contributed by atoms with Crippen LogP contribution >= 0.6 is 0 Å². The first-order valence-corrected chi connectivity index (χ1v) is 12.5. The van der Waals surface area contributed by atoms with Crippen molar-refractivity contribution in [3.8, 4) is 17.0 Å². The van der Waals surface area contributed by atoms with Gasteiger partial charge in [-0.05, 0) is 65.8 Å². The molecule has 36 heavy (non-hydrogen) atoms. The molecule has 0 fully saturated rings. The molecule has 0 aliphatic rings. The minimum Gasteiger partial charge on any atom is -0.494 e. The summed E-state index contributed by atoms with van der Waals surface area (Å²) < 4.78 is 15.8. The van der Waals surface area contributed by atoms with Crippen LogP contribution in [0.25, 0.3) is 11.1 Å². The molecule has 0 amide bonds. The van der Waals surface area contributed by atoms with Crippen molar-refractivity contribution in [2.45, 2.75) is 58.9 Å². The molecule has 5 nitrogen and oxygen atoms in total. The molecule has 186 valence electrons. The van der Waals surface area contributed by atoms with Crippen LogP contribution in [0.15, 0.2) is 71.8 Å². The Morgan fingerprint density at radius 1 is 1.08 bits per heavy atom. The van der Waals surface area contributed by atoms with Crippen molar-refractivity contribution >= 4 is 0 Å². The number of halogens is 1. The summed E-state index contributed by atoms with van der Waals surface area (Å²) in [5, 5.41) is 11.4. The summed E-state index contributed by atoms with van der Waals surface area (Å²) in [5.74, 6) is 0.105. The predicted octanol–water partition coefficient (Wildman–Crippen LogP) is 6.39. The maximum absolute atomic E-state index is 14.1. The molecule has 0 aliphatic heterocycles. The largest absolute Gasteiger partial charge is 0.494 e. The Labute approximate surface area is 211 Å². The van der Waals surface area contributed by atoms with Crippen molar-refractivity contribution in [2.75, 3.05) is 0 Å². The van der Waals surface area contributed by atoms with Crippen molar-refractivity contribution in [1.29, 1.82) is 0 Å². The van der Waals surface area contributed by atoms with E-state index in [-0.39, 0.29) is 29.7 Å². The van der Waals surface area contributed by atoms with E-state index in [4.69, 9.17) is 0 Å². The van der Waals surface area contributed by atoms with Gasteiger partial charge in [0.05, 0.1) is 11.6 Å². The molecular weight excluding hydrogens is 453 g/mol. The number of aromatic hydroxyl groups is 1. The Kier molecular flexibility index (Phi) is 7.93. The zero-order valence-electron chi connectivity index (χ0n) is 21.0. The summed E-state index contributed by atoms with van der Waals surface area (Å²) in [4.78, 5) is 21.6. The Bertz CT molecular complexity index is 1400. The second-order valence-corrected chi connectivity index (χ2v) is 9.15. The van der Waals surface area contributed by atoms with E-state index in [9.17, 15) is 14.3 Å². The predicted molar refractivity (Wildman–Crippen MR) is 141 cm³/mol. The molecule has 2 heterocycles. The van der Waals surface area contributed by atoms with Gasteiger partial charge in [0.2, 0.25) is 5.88 Å². The number of nitrogens with zero attached hydrogens (tertiary/aromatic N) is 3. The summed E-state index contributed by atoms with van der Waals surface area (Å²) >= 11 is 0. The van der Waals surface area contributed by atoms with Gasteiger partial charge in [-0.3, -0.25) is 14.3 Å². The number of hydrogen-bond acceptors (Lipinski definition) is 4. The summed E-state index contributed by atoms with van der Waals surface area (Å²) in [6, 6.07) is 16.0. The first-order valence-electron chi connectivity index (χ1n) is 12.5. The molecule has 2 aromatic carbocycles. The fourth-order valence-corrected chi connectivity index (χ4v) is 4.68. The first-order chi connectivity index (χ1) is 17.4. The maximum atomic E-state index is 14.1. The van der Waals surface area contributed by atoms with Crippen LogP contribution in [0.4, 0.5) is 4.39 Å². The van der Waals surface area contributed by atoms with Crippen molar-refractivity contribution in [3.05, 3.63) is 111 Å². The zero-order valence-corrected chi connectivity index (χ0v) is 21.0. The summed E-state index contributed by atoms with van der Waals surface area (Å²) in [6.45, 7) is 6.07. The quantitative estimate of drug-likeness (QED) is 0.298. The lowest BCUT2D eigenvalue weighted by Crippen LogP contribution is -2.25. The fourth-order valence-electron chi connectivity index (χ4n) is 4.68. The monoisotopic (exact) mass is 485 g/mol. The standard InChI is InChI=1S/C30H32FN3O2/c1-4-6-10-28-33-29(35)26(30(36)34(28)27(5-2)23-8-7-9-24(31)18-23)17-21-11-13-22(14-12-21)25-15-16-32-19-20(25)3/h7-9,11-16,18-19,27,36H,4-6,10,17H2,1-3H3. The number of aromatic nitrogens is 3. The van der Waals surface area contributed by atoms with E-state index in [0.29, 0.717) is 18.7 Å². The molecule has 0 saturated heterocycles. The van der Waals surface area contributed by atoms with Crippen LogP contribution in [0.3, 0.4) is 0 Å². The second kappa shape index (κ2) is 11.3. The molecule has 6 heteroatoms. The van der Waals surface area contributed by atoms with Crippen molar-refractivity contribution < 1.29 is 9.50 Å². The summed E-state index contributed by atoms with van der Waals surface area (Å²) in [5.41, 5.74) is 4.71. The average molecular weight is 486 g/mol. The molecule has 0 saturated carbocycles. The van der Waals surface area contributed by atoms with Crippen LogP contribution in [-0.4, -0.2) is 19.6 Å². The molecule has 4 aromatic rings. The molecule has 0 bridgehead atoms. The Morgan fingerprint density at radius 3 is 2.53 bits per heavy atom. The maximum Gasteiger partial charge on any atom is 0.280 e. The molecule has 0 radical (unpaired) electrons. The third kappa shape index (κ3) is 5.38. The van der Waals surface area contributed by atoms with Gasteiger partial charge in [-0.1, -0.05) is 56.7 Å². The van der Waals surface area contributed by atoms with Gasteiger partial charge in [0.15, 0.2) is 0 Å². The van der Waals surface area contributed by atoms with E-state index < -0.39 is 5.56 Å². The number of hydrogen-bond donors (Lipinski definition) is 1. The minimum absolute atomic E-state index is 0.0914. The highest BCUT2D eigenvalue weighted by molar-refractivity contribution is 5.66. The Hall–Kier alpha value is -3.80. The number of rotatable bonds is 9. The lowest BCUT2D eigenvalue weighted by atomic mass is 9.99. The highest BCUT2D eigenvalue weighted by Gasteiger charge is 2.23. The minimum atomic E-state index is -0.419. The fraction of sp³-hybridized carbons (Fsp3) is 0.300. The third-order valence-corrected chi connectivity index (χ3v) is 6.62. The number of benzene rings is 2. The van der Waals surface area contributed by atoms with Crippen LogP contribution in [0.2, 0.25) is 0 Å². The van der Waals surface area contributed by atoms with Crippen LogP contribution < -0.4 is 5.56 Å². The molecule has 0 aliphatic carbocycles. The van der Waals surface area contributed by atoms with E-state index in [0.717, 1.165) is 40.7 Å². The van der Waals surface area contributed by atoms with Gasteiger partial charge in [-0.25, -0.2) is 4.39 Å². The smallest absolute Gasteiger partial charge is 0.280 e. The van der Waals surface area contributed by atoms with Crippen LogP contribution in [0.1, 0.15) is 67.2 Å². The topological polar surface area (TPSA) is 68.0 Å². The SMILES string of the molecule is CCCCc1nc(=O)c(Cc2ccc(-c3ccncc3C)cc2)c(O)n1C(CC)c1cccc(F)c1. The number of pyridine rings is 1. The van der Waals surface area contributed by atoms with E-state index in [1.54, 1.807) is 16.8 Å². The summed E-state index contributed by atoms with van der Waals surface area (Å²) in [7, 11) is 0. The first kappa shape index (κ1) is 25.3. The molecule has 1 unspecified atom stereocenters. The van der Waals surface area contributed by atoms with Gasteiger partial charge in [-0.15, -0.1) is 0 Å². The molecular formula is C30H32FN3O2. The molecule has 0 spiro atoms. The molecule has 1 N–H and O–H groups in total. The van der Waals surface area contributed by atoms with E-state index in [1.165, 1.54) is 12.1 Å². The van der Waals surface area contributed by atoms with Gasteiger partial charge in [0.25, 0.3) is 5.56 Å². The third-order valence-electron chi connectivity index (χ3n) is 6.62. The van der Waals surface area contributed by atoms with Crippen LogP contribution in [0.5, 0.6) is 5.88 Å².